The number of fused-ring (bicyclic) bond motifs is 1. The van der Waals surface area contributed by atoms with Crippen molar-refractivity contribution in [1.82, 2.24) is 0 Å². The van der Waals surface area contributed by atoms with Crippen molar-refractivity contribution in [3.8, 4) is 5.75 Å². The number of benzene rings is 1. The van der Waals surface area contributed by atoms with Crippen LogP contribution in [0.2, 0.25) is 0 Å². The molecule has 1 unspecified atom stereocenters. The molecule has 2 N–H and O–H groups in total. The molecule has 0 bridgehead atoms. The number of rotatable bonds is 4. The van der Waals surface area contributed by atoms with Crippen LogP contribution in [0.3, 0.4) is 0 Å². The zero-order valence-corrected chi connectivity index (χ0v) is 13.5. The van der Waals surface area contributed by atoms with Gasteiger partial charge in [0.25, 0.3) is 5.91 Å². The number of primary amides is 1. The highest BCUT2D eigenvalue weighted by Crippen LogP contribution is 2.23. The highest BCUT2D eigenvalue weighted by Gasteiger charge is 2.08. The fraction of sp³-hybridized carbons (Fsp3) is 0.471. The van der Waals surface area contributed by atoms with Crippen LogP contribution < -0.4 is 10.5 Å². The van der Waals surface area contributed by atoms with Crippen molar-refractivity contribution in [2.45, 2.75) is 34.1 Å². The molecule has 1 atom stereocenters. The SMILES string of the molecule is CCC(C)C(C)C.COc1ccc2oc(C(N)=O)cc2c1. The van der Waals surface area contributed by atoms with Crippen LogP contribution in [0.5, 0.6) is 5.75 Å². The summed E-state index contributed by atoms with van der Waals surface area (Å²) in [5.41, 5.74) is 5.71. The molecule has 0 aliphatic heterocycles. The van der Waals surface area contributed by atoms with Crippen molar-refractivity contribution in [2.75, 3.05) is 7.11 Å². The minimum absolute atomic E-state index is 0.160. The third-order valence-corrected chi connectivity index (χ3v) is 3.75. The van der Waals surface area contributed by atoms with Gasteiger partial charge in [0.1, 0.15) is 11.3 Å². The highest BCUT2D eigenvalue weighted by atomic mass is 16.5. The van der Waals surface area contributed by atoms with E-state index < -0.39 is 5.91 Å². The number of nitrogens with two attached hydrogens (primary N) is 1. The first-order valence-corrected chi connectivity index (χ1v) is 7.26. The molecule has 1 aromatic carbocycles. The molecule has 0 fully saturated rings. The van der Waals surface area contributed by atoms with E-state index in [0.717, 1.165) is 17.2 Å². The Bertz CT molecular complexity index is 587. The van der Waals surface area contributed by atoms with E-state index in [9.17, 15) is 4.79 Å². The van der Waals surface area contributed by atoms with Gasteiger partial charge in [-0.2, -0.15) is 0 Å². The normalized spacial score (nSPS) is 11.9. The van der Waals surface area contributed by atoms with Crippen molar-refractivity contribution < 1.29 is 13.9 Å². The molecule has 0 aliphatic rings. The van der Waals surface area contributed by atoms with Gasteiger partial charge in [-0.15, -0.1) is 0 Å². The summed E-state index contributed by atoms with van der Waals surface area (Å²) in [6.45, 7) is 9.08. The summed E-state index contributed by atoms with van der Waals surface area (Å²) in [6, 6.07) is 6.88. The second kappa shape index (κ2) is 7.72. The fourth-order valence-corrected chi connectivity index (χ4v) is 1.74. The van der Waals surface area contributed by atoms with Crippen molar-refractivity contribution >= 4 is 16.9 Å². The Hall–Kier alpha value is -1.97. The first-order valence-electron chi connectivity index (χ1n) is 7.26. The lowest BCUT2D eigenvalue weighted by Gasteiger charge is -2.10. The average Bonchev–Trinajstić information content (AvgIpc) is 2.89. The molecule has 0 saturated heterocycles. The van der Waals surface area contributed by atoms with E-state index >= 15 is 0 Å². The van der Waals surface area contributed by atoms with E-state index in [1.807, 2.05) is 0 Å². The van der Waals surface area contributed by atoms with Crippen LogP contribution in [-0.4, -0.2) is 13.0 Å². The van der Waals surface area contributed by atoms with Crippen molar-refractivity contribution in [1.29, 1.82) is 0 Å². The Morgan fingerprint density at radius 3 is 2.38 bits per heavy atom. The maximum Gasteiger partial charge on any atom is 0.284 e. The predicted octanol–water partition coefficient (Wildman–Crippen LogP) is 4.23. The van der Waals surface area contributed by atoms with Gasteiger partial charge in [-0.3, -0.25) is 4.79 Å². The highest BCUT2D eigenvalue weighted by molar-refractivity contribution is 5.95. The molecule has 0 aliphatic carbocycles. The third-order valence-electron chi connectivity index (χ3n) is 3.75. The molecule has 116 valence electrons. The van der Waals surface area contributed by atoms with Gasteiger partial charge in [0.2, 0.25) is 0 Å². The molecule has 1 heterocycles. The number of hydrogen-bond acceptors (Lipinski definition) is 3. The number of furan rings is 1. The van der Waals surface area contributed by atoms with E-state index in [2.05, 4.69) is 27.7 Å². The van der Waals surface area contributed by atoms with E-state index in [1.54, 1.807) is 31.4 Å². The summed E-state index contributed by atoms with van der Waals surface area (Å²) in [7, 11) is 1.58. The first-order chi connectivity index (χ1) is 9.88. The lowest BCUT2D eigenvalue weighted by Crippen LogP contribution is -2.08. The van der Waals surface area contributed by atoms with E-state index in [4.69, 9.17) is 14.9 Å². The quantitative estimate of drug-likeness (QED) is 0.916. The van der Waals surface area contributed by atoms with Gasteiger partial charge >= 0.3 is 0 Å². The van der Waals surface area contributed by atoms with Gasteiger partial charge in [0.15, 0.2) is 5.76 Å². The standard InChI is InChI=1S/C10H9NO3.C7H16/c1-13-7-2-3-8-6(4-7)5-9(14-8)10(11)12;1-5-7(4)6(2)3/h2-5H,1H3,(H2,11,12);6-7H,5H2,1-4H3. The molecule has 0 spiro atoms. The van der Waals surface area contributed by atoms with Crippen molar-refractivity contribution in [3.05, 3.63) is 30.0 Å². The number of carbonyl (C=O) groups is 1. The van der Waals surface area contributed by atoms with Gasteiger partial charge in [0, 0.05) is 5.39 Å². The largest absolute Gasteiger partial charge is 0.497 e. The number of hydrogen-bond donors (Lipinski definition) is 1. The topological polar surface area (TPSA) is 65.5 Å². The molecular formula is C17H25NO3. The molecule has 0 radical (unpaired) electrons. The smallest absolute Gasteiger partial charge is 0.284 e. The van der Waals surface area contributed by atoms with Crippen LogP contribution >= 0.6 is 0 Å². The molecule has 4 nitrogen and oxygen atoms in total. The zero-order chi connectivity index (χ0) is 16.0. The van der Waals surface area contributed by atoms with Crippen LogP contribution in [0.15, 0.2) is 28.7 Å². The maximum absolute atomic E-state index is 10.8. The number of amides is 1. The minimum Gasteiger partial charge on any atom is -0.497 e. The summed E-state index contributed by atoms with van der Waals surface area (Å²) in [4.78, 5) is 10.8. The molecule has 21 heavy (non-hydrogen) atoms. The molecule has 4 heteroatoms. The Labute approximate surface area is 126 Å². The summed E-state index contributed by atoms with van der Waals surface area (Å²) >= 11 is 0. The lowest BCUT2D eigenvalue weighted by molar-refractivity contribution is 0.0976. The summed E-state index contributed by atoms with van der Waals surface area (Å²) in [5, 5.41) is 0.804. The monoisotopic (exact) mass is 291 g/mol. The average molecular weight is 291 g/mol. The number of ether oxygens (including phenoxy) is 1. The Morgan fingerprint density at radius 1 is 1.29 bits per heavy atom. The van der Waals surface area contributed by atoms with E-state index in [-0.39, 0.29) is 5.76 Å². The van der Waals surface area contributed by atoms with Crippen LogP contribution in [0.25, 0.3) is 11.0 Å². The van der Waals surface area contributed by atoms with Gasteiger partial charge in [0.05, 0.1) is 7.11 Å². The first kappa shape index (κ1) is 17.1. The maximum atomic E-state index is 10.8. The minimum atomic E-state index is -0.569. The van der Waals surface area contributed by atoms with E-state index in [1.165, 1.54) is 6.42 Å². The summed E-state index contributed by atoms with van der Waals surface area (Å²) in [5.74, 6) is 2.08. The zero-order valence-electron chi connectivity index (χ0n) is 13.5. The molecular weight excluding hydrogens is 266 g/mol. The third kappa shape index (κ3) is 4.81. The molecule has 2 rings (SSSR count). The molecule has 2 aromatic rings. The Balaban J connectivity index is 0.000000270. The van der Waals surface area contributed by atoms with Gasteiger partial charge in [-0.25, -0.2) is 0 Å². The fourth-order valence-electron chi connectivity index (χ4n) is 1.74. The predicted molar refractivity (Wildman–Crippen MR) is 85.6 cm³/mol. The van der Waals surface area contributed by atoms with Crippen LogP contribution in [-0.2, 0) is 0 Å². The van der Waals surface area contributed by atoms with Gasteiger partial charge in [-0.1, -0.05) is 34.1 Å². The second-order valence-electron chi connectivity index (χ2n) is 5.51. The number of carbonyl (C=O) groups excluding carboxylic acids is 1. The van der Waals surface area contributed by atoms with Crippen molar-refractivity contribution in [2.24, 2.45) is 17.6 Å². The van der Waals surface area contributed by atoms with Gasteiger partial charge < -0.3 is 14.9 Å². The Morgan fingerprint density at radius 2 is 1.95 bits per heavy atom. The van der Waals surface area contributed by atoms with E-state index in [0.29, 0.717) is 11.3 Å². The van der Waals surface area contributed by atoms with Crippen LogP contribution in [0, 0.1) is 11.8 Å². The van der Waals surface area contributed by atoms with Crippen LogP contribution in [0.1, 0.15) is 44.7 Å². The van der Waals surface area contributed by atoms with Gasteiger partial charge in [-0.05, 0) is 36.1 Å². The van der Waals surface area contributed by atoms with Crippen LogP contribution in [0.4, 0.5) is 0 Å². The summed E-state index contributed by atoms with van der Waals surface area (Å²) in [6.07, 6.45) is 1.32. The Kier molecular flexibility index (Phi) is 6.28. The molecule has 1 amide bonds. The molecule has 1 aromatic heterocycles. The number of methoxy groups -OCH3 is 1. The lowest BCUT2D eigenvalue weighted by atomic mass is 9.96. The van der Waals surface area contributed by atoms with Crippen molar-refractivity contribution in [3.63, 3.8) is 0 Å². The summed E-state index contributed by atoms with van der Waals surface area (Å²) < 4.78 is 10.2. The second-order valence-corrected chi connectivity index (χ2v) is 5.51. The molecule has 0 saturated carbocycles.